The van der Waals surface area contributed by atoms with Gasteiger partial charge >= 0.3 is 12.4 Å². The van der Waals surface area contributed by atoms with Crippen LogP contribution in [0, 0.1) is 0 Å². The van der Waals surface area contributed by atoms with Crippen molar-refractivity contribution in [1.82, 2.24) is 4.90 Å². The Kier molecular flexibility index (Phi) is 9.00. The molecule has 0 fully saturated rings. The van der Waals surface area contributed by atoms with Crippen molar-refractivity contribution in [2.75, 3.05) is 11.9 Å². The minimum absolute atomic E-state index is 0.175. The van der Waals surface area contributed by atoms with E-state index < -0.39 is 69.0 Å². The van der Waals surface area contributed by atoms with Crippen molar-refractivity contribution in [2.45, 2.75) is 77.7 Å². The molecule has 0 saturated heterocycles. The number of rotatable bonds is 8. The molecule has 47 heavy (non-hydrogen) atoms. The Morgan fingerprint density at radius 1 is 0.745 bits per heavy atom. The summed E-state index contributed by atoms with van der Waals surface area (Å²) in [7, 11) is 1.51. The van der Waals surface area contributed by atoms with Gasteiger partial charge in [0, 0.05) is 18.2 Å². The molecule has 0 aromatic heterocycles. The fraction of sp³-hybridized carbons (Fsp3) is 0.371. The highest BCUT2D eigenvalue weighted by molar-refractivity contribution is 6.35. The van der Waals surface area contributed by atoms with Crippen LogP contribution in [0.3, 0.4) is 0 Å². The molecule has 250 valence electrons. The number of halogens is 6. The second-order valence-electron chi connectivity index (χ2n) is 12.8. The van der Waals surface area contributed by atoms with E-state index in [-0.39, 0.29) is 22.3 Å². The lowest BCUT2D eigenvalue weighted by molar-refractivity contribution is -0.139. The quantitative estimate of drug-likeness (QED) is 0.137. The zero-order chi connectivity index (χ0) is 35.4. The van der Waals surface area contributed by atoms with Crippen molar-refractivity contribution in [1.29, 1.82) is 0 Å². The first-order valence-corrected chi connectivity index (χ1v) is 14.8. The maximum absolute atomic E-state index is 14.5. The Balaban J connectivity index is 1.86. The average Bonchev–Trinajstić information content (AvgIpc) is 3.26. The van der Waals surface area contributed by atoms with E-state index in [4.69, 9.17) is 0 Å². The number of carbonyl (C=O) groups excluding carboxylic acids is 4. The minimum Gasteiger partial charge on any atom is -0.337 e. The number of amides is 3. The highest BCUT2D eigenvalue weighted by atomic mass is 19.4. The van der Waals surface area contributed by atoms with Gasteiger partial charge in [-0.1, -0.05) is 45.9 Å². The first-order valence-electron chi connectivity index (χ1n) is 14.8. The molecule has 0 aliphatic carbocycles. The van der Waals surface area contributed by atoms with E-state index in [1.165, 1.54) is 18.0 Å². The van der Waals surface area contributed by atoms with E-state index in [1.54, 1.807) is 34.6 Å². The van der Waals surface area contributed by atoms with E-state index in [0.717, 1.165) is 36.4 Å². The van der Waals surface area contributed by atoms with E-state index in [1.807, 2.05) is 6.92 Å². The van der Waals surface area contributed by atoms with Gasteiger partial charge in [0.25, 0.3) is 17.7 Å². The van der Waals surface area contributed by atoms with Crippen LogP contribution in [0.25, 0.3) is 11.1 Å². The predicted molar refractivity (Wildman–Crippen MR) is 165 cm³/mol. The Hall–Kier alpha value is -4.48. The number of benzene rings is 3. The topological polar surface area (TPSA) is 74.8 Å². The summed E-state index contributed by atoms with van der Waals surface area (Å²) >= 11 is 0. The second-order valence-corrected chi connectivity index (χ2v) is 12.8. The third-order valence-electron chi connectivity index (χ3n) is 9.34. The Morgan fingerprint density at radius 3 is 1.74 bits per heavy atom. The lowest BCUT2D eigenvalue weighted by Crippen LogP contribution is -2.44. The molecule has 12 heteroatoms. The molecule has 3 amide bonds. The maximum atomic E-state index is 14.5. The summed E-state index contributed by atoms with van der Waals surface area (Å²) in [5.74, 6) is -2.73. The van der Waals surface area contributed by atoms with Crippen molar-refractivity contribution >= 4 is 29.7 Å². The van der Waals surface area contributed by atoms with Gasteiger partial charge in [-0.15, -0.1) is 0 Å². The number of nitrogens with zero attached hydrogens (tertiary/aromatic N) is 2. The van der Waals surface area contributed by atoms with Gasteiger partial charge in [-0.2, -0.15) is 26.3 Å². The van der Waals surface area contributed by atoms with Crippen LogP contribution in [0.2, 0.25) is 0 Å². The highest BCUT2D eigenvalue weighted by Crippen LogP contribution is 2.46. The van der Waals surface area contributed by atoms with Crippen LogP contribution in [0.4, 0.5) is 32.0 Å². The van der Waals surface area contributed by atoms with Crippen LogP contribution in [0.1, 0.15) is 113 Å². The lowest BCUT2D eigenvalue weighted by atomic mass is 9.80. The lowest BCUT2D eigenvalue weighted by Gasteiger charge is -2.35. The molecule has 3 aromatic carbocycles. The molecular weight excluding hydrogens is 626 g/mol. The van der Waals surface area contributed by atoms with Gasteiger partial charge in [0.05, 0.1) is 33.5 Å². The fourth-order valence-electron chi connectivity index (χ4n) is 5.29. The predicted octanol–water partition coefficient (Wildman–Crippen LogP) is 8.95. The molecule has 0 N–H and O–H groups in total. The minimum atomic E-state index is -5.19. The standard InChI is InChI=1S/C35H34F6N2O4/c1-8-32(3,4)20-10-12-22(27(15-20)34(36,37)38)23-13-11-21(16-28(23)35(39,40)41)43-30(46)25-14-19(18-44)24(17-26(25)31(43)47)29(45)42(7)33(5,6)9-2/h10-18H,8-9H2,1-7H3. The Labute approximate surface area is 268 Å². The summed E-state index contributed by atoms with van der Waals surface area (Å²) in [5, 5.41) is 0. The first kappa shape index (κ1) is 35.4. The molecule has 4 rings (SSSR count). The van der Waals surface area contributed by atoms with Crippen molar-refractivity contribution in [2.24, 2.45) is 0 Å². The molecule has 0 spiro atoms. The summed E-state index contributed by atoms with van der Waals surface area (Å²) in [5.41, 5.74) is -6.82. The van der Waals surface area contributed by atoms with Crippen LogP contribution in [-0.4, -0.2) is 41.5 Å². The number of hydrogen-bond donors (Lipinski definition) is 0. The molecule has 1 aliphatic heterocycles. The molecule has 0 saturated carbocycles. The van der Waals surface area contributed by atoms with Crippen molar-refractivity contribution in [3.8, 4) is 11.1 Å². The number of hydrogen-bond acceptors (Lipinski definition) is 4. The van der Waals surface area contributed by atoms with Crippen LogP contribution in [-0.2, 0) is 17.8 Å². The summed E-state index contributed by atoms with van der Waals surface area (Å²) < 4.78 is 86.3. The van der Waals surface area contributed by atoms with E-state index in [0.29, 0.717) is 35.7 Å². The second kappa shape index (κ2) is 12.0. The molecule has 6 nitrogen and oxygen atoms in total. The van der Waals surface area contributed by atoms with Crippen molar-refractivity contribution in [3.63, 3.8) is 0 Å². The van der Waals surface area contributed by atoms with Gasteiger partial charge in [0.2, 0.25) is 0 Å². The summed E-state index contributed by atoms with van der Waals surface area (Å²) in [6.07, 6.45) is -8.82. The van der Waals surface area contributed by atoms with Crippen molar-refractivity contribution in [3.05, 3.63) is 87.5 Å². The summed E-state index contributed by atoms with van der Waals surface area (Å²) in [6, 6.07) is 7.51. The molecule has 1 heterocycles. The third-order valence-corrected chi connectivity index (χ3v) is 9.34. The summed E-state index contributed by atoms with van der Waals surface area (Å²) in [6.45, 7) is 10.7. The monoisotopic (exact) mass is 660 g/mol. The maximum Gasteiger partial charge on any atom is 0.417 e. The number of imide groups is 1. The van der Waals surface area contributed by atoms with Crippen LogP contribution in [0.15, 0.2) is 48.5 Å². The number of alkyl halides is 6. The van der Waals surface area contributed by atoms with Crippen LogP contribution in [0.5, 0.6) is 0 Å². The van der Waals surface area contributed by atoms with Gasteiger partial charge in [-0.25, -0.2) is 4.90 Å². The van der Waals surface area contributed by atoms with Crippen molar-refractivity contribution < 1.29 is 45.5 Å². The zero-order valence-corrected chi connectivity index (χ0v) is 26.9. The smallest absolute Gasteiger partial charge is 0.337 e. The largest absolute Gasteiger partial charge is 0.417 e. The molecule has 0 radical (unpaired) electrons. The molecule has 0 bridgehead atoms. The normalized spacial score (nSPS) is 14.0. The number of anilines is 1. The van der Waals surface area contributed by atoms with Gasteiger partial charge in [-0.05, 0) is 79.1 Å². The third kappa shape index (κ3) is 6.29. The first-order chi connectivity index (χ1) is 21.6. The number of carbonyl (C=O) groups is 4. The molecule has 0 atom stereocenters. The van der Waals surface area contributed by atoms with E-state index in [9.17, 15) is 45.5 Å². The van der Waals surface area contributed by atoms with Crippen LogP contribution < -0.4 is 4.90 Å². The summed E-state index contributed by atoms with van der Waals surface area (Å²) in [4.78, 5) is 54.1. The fourth-order valence-corrected chi connectivity index (χ4v) is 5.29. The van der Waals surface area contributed by atoms with Gasteiger partial charge in [0.1, 0.15) is 0 Å². The number of fused-ring (bicyclic) bond motifs is 1. The van der Waals surface area contributed by atoms with Gasteiger partial charge in [0.15, 0.2) is 6.29 Å². The highest BCUT2D eigenvalue weighted by Gasteiger charge is 2.43. The van der Waals surface area contributed by atoms with Crippen LogP contribution >= 0.6 is 0 Å². The zero-order valence-electron chi connectivity index (χ0n) is 26.9. The Bertz CT molecular complexity index is 1790. The molecule has 0 unspecified atom stereocenters. The van der Waals surface area contributed by atoms with Gasteiger partial charge < -0.3 is 4.90 Å². The van der Waals surface area contributed by atoms with Gasteiger partial charge in [-0.3, -0.25) is 19.2 Å². The molecule has 3 aromatic rings. The van der Waals surface area contributed by atoms with E-state index >= 15 is 0 Å². The average molecular weight is 661 g/mol. The number of aldehydes is 1. The molecule has 1 aliphatic rings. The SMILES string of the molecule is CCC(C)(C)c1ccc(-c2ccc(N3C(=O)c4cc(C=O)c(C(=O)N(C)C(C)(C)CC)cc4C3=O)cc2C(F)(F)F)c(C(F)(F)F)c1. The molecular formula is C35H34F6N2O4. The van der Waals surface area contributed by atoms with E-state index in [2.05, 4.69) is 0 Å². The Morgan fingerprint density at radius 2 is 1.26 bits per heavy atom.